The van der Waals surface area contributed by atoms with Crippen LogP contribution in [0.5, 0.6) is 0 Å². The third-order valence-corrected chi connectivity index (χ3v) is 8.49. The number of Topliss-reactive ketones (excluding diaryl/α,β-unsaturated/α-hetero) is 1. The van der Waals surface area contributed by atoms with Gasteiger partial charge in [0.2, 0.25) is 11.8 Å². The zero-order chi connectivity index (χ0) is 33.1. The lowest BCUT2D eigenvalue weighted by Crippen LogP contribution is -2.45. The van der Waals surface area contributed by atoms with Gasteiger partial charge in [-0.1, -0.05) is 12.1 Å². The van der Waals surface area contributed by atoms with Crippen molar-refractivity contribution in [2.75, 3.05) is 44.9 Å². The standard InChI is InChI=1S/C32H33BrFN7O6/c1-19(42)29-24-11-21(23-13-35-20(2)36-14-23)3-5-25(24)41(39-29)15-28(43)40-17-32(34)12-26(40)31(44)38-30-22(4-6-27(33)37-30)16-46-9-7-45-8-10-47-18-32/h3-6,11,13-14,26H,7-10,12,15-18H2,1-2H3,(H,37,38,44)/t26-,32+/m0/s1. The third kappa shape index (κ3) is 7.38. The monoisotopic (exact) mass is 709 g/mol. The van der Waals surface area contributed by atoms with Crippen molar-refractivity contribution in [3.63, 3.8) is 0 Å². The van der Waals surface area contributed by atoms with Gasteiger partial charge in [-0.3, -0.25) is 19.1 Å². The van der Waals surface area contributed by atoms with Gasteiger partial charge in [0, 0.05) is 42.3 Å². The maximum atomic E-state index is 16.3. The summed E-state index contributed by atoms with van der Waals surface area (Å²) in [6.45, 7) is 3.30. The molecule has 4 aromatic rings. The summed E-state index contributed by atoms with van der Waals surface area (Å²) in [5, 5.41) is 7.79. The lowest BCUT2D eigenvalue weighted by atomic mass is 10.0. The van der Waals surface area contributed by atoms with Gasteiger partial charge in [-0.2, -0.15) is 5.10 Å². The SMILES string of the molecule is CC(=O)c1nn(CC(=O)N2C[C@@]3(F)COCCOCCOCc4ccc(Br)nc4NC(=O)[C@@H]2C3)c2ccc(-c3cnc(C)nc3)cc12. The average Bonchev–Trinajstić information content (AvgIpc) is 3.59. The molecule has 6 rings (SSSR count). The Hall–Kier alpha value is -4.18. The number of nitrogens with one attached hydrogen (secondary N) is 1. The lowest BCUT2D eigenvalue weighted by Gasteiger charge is -2.24. The number of carbonyl (C=O) groups excluding carboxylic acids is 3. The fourth-order valence-electron chi connectivity index (χ4n) is 5.70. The van der Waals surface area contributed by atoms with E-state index in [9.17, 15) is 14.4 Å². The van der Waals surface area contributed by atoms with E-state index in [0.717, 1.165) is 11.1 Å². The van der Waals surface area contributed by atoms with Gasteiger partial charge in [0.05, 0.1) is 51.7 Å². The van der Waals surface area contributed by atoms with Crippen LogP contribution in [0.4, 0.5) is 10.2 Å². The summed E-state index contributed by atoms with van der Waals surface area (Å²) in [4.78, 5) is 54.4. The Morgan fingerprint density at radius 2 is 1.81 bits per heavy atom. The molecule has 47 heavy (non-hydrogen) atoms. The average molecular weight is 711 g/mol. The van der Waals surface area contributed by atoms with E-state index in [1.165, 1.54) is 16.5 Å². The van der Waals surface area contributed by atoms with Crippen molar-refractivity contribution in [2.24, 2.45) is 0 Å². The van der Waals surface area contributed by atoms with E-state index in [4.69, 9.17) is 14.2 Å². The van der Waals surface area contributed by atoms with Gasteiger partial charge in [0.25, 0.3) is 0 Å². The van der Waals surface area contributed by atoms with E-state index in [-0.39, 0.29) is 63.2 Å². The van der Waals surface area contributed by atoms with Crippen LogP contribution < -0.4 is 5.32 Å². The third-order valence-electron chi connectivity index (χ3n) is 8.04. The van der Waals surface area contributed by atoms with Crippen LogP contribution in [0.15, 0.2) is 47.3 Å². The van der Waals surface area contributed by atoms with E-state index in [1.54, 1.807) is 43.6 Å². The second-order valence-electron chi connectivity index (χ2n) is 11.6. The molecular weight excluding hydrogens is 677 g/mol. The summed E-state index contributed by atoms with van der Waals surface area (Å²) < 4.78 is 34.9. The molecule has 246 valence electrons. The molecule has 2 atom stereocenters. The molecule has 13 nitrogen and oxygen atoms in total. The number of fused-ring (bicyclic) bond motifs is 4. The van der Waals surface area contributed by atoms with Crippen molar-refractivity contribution in [1.29, 1.82) is 0 Å². The summed E-state index contributed by atoms with van der Waals surface area (Å²) in [6, 6.07) is 7.70. The second-order valence-corrected chi connectivity index (χ2v) is 12.4. The van der Waals surface area contributed by atoms with Crippen molar-refractivity contribution in [2.45, 2.75) is 45.1 Å². The van der Waals surface area contributed by atoms with Gasteiger partial charge in [-0.25, -0.2) is 19.3 Å². The minimum atomic E-state index is -1.99. The Morgan fingerprint density at radius 3 is 2.57 bits per heavy atom. The highest BCUT2D eigenvalue weighted by Crippen LogP contribution is 2.33. The molecule has 1 saturated heterocycles. The molecule has 0 spiro atoms. The van der Waals surface area contributed by atoms with Gasteiger partial charge >= 0.3 is 0 Å². The molecule has 0 aliphatic carbocycles. The summed E-state index contributed by atoms with van der Waals surface area (Å²) in [5.41, 5.74) is 0.857. The lowest BCUT2D eigenvalue weighted by molar-refractivity contribution is -0.137. The first-order valence-electron chi connectivity index (χ1n) is 15.1. The van der Waals surface area contributed by atoms with Crippen LogP contribution in [0.25, 0.3) is 22.0 Å². The van der Waals surface area contributed by atoms with Crippen LogP contribution in [-0.4, -0.2) is 98.5 Å². The van der Waals surface area contributed by atoms with Gasteiger partial charge in [0.1, 0.15) is 34.5 Å². The van der Waals surface area contributed by atoms with Crippen molar-refractivity contribution >= 4 is 50.2 Å². The molecule has 1 fully saturated rings. The number of rotatable bonds is 4. The van der Waals surface area contributed by atoms with Crippen LogP contribution in [-0.2, 0) is 37.0 Å². The zero-order valence-corrected chi connectivity index (χ0v) is 27.5. The van der Waals surface area contributed by atoms with Gasteiger partial charge in [0.15, 0.2) is 11.5 Å². The van der Waals surface area contributed by atoms with Crippen LogP contribution in [0.2, 0.25) is 0 Å². The first-order chi connectivity index (χ1) is 22.6. The van der Waals surface area contributed by atoms with E-state index in [2.05, 4.69) is 41.3 Å². The largest absolute Gasteiger partial charge is 0.377 e. The number of halogens is 2. The fourth-order valence-corrected chi connectivity index (χ4v) is 6.01. The Balaban J connectivity index is 1.30. The van der Waals surface area contributed by atoms with Crippen molar-refractivity contribution in [1.82, 2.24) is 29.6 Å². The fraction of sp³-hybridized carbons (Fsp3) is 0.406. The Bertz CT molecular complexity index is 1820. The molecule has 2 aliphatic heterocycles. The zero-order valence-electron chi connectivity index (χ0n) is 25.9. The maximum Gasteiger partial charge on any atom is 0.248 e. The number of pyridine rings is 1. The van der Waals surface area contributed by atoms with E-state index >= 15 is 4.39 Å². The van der Waals surface area contributed by atoms with Gasteiger partial charge < -0.3 is 24.4 Å². The molecule has 0 saturated carbocycles. The molecule has 2 aliphatic rings. The highest BCUT2D eigenvalue weighted by Gasteiger charge is 2.50. The van der Waals surface area contributed by atoms with Crippen molar-refractivity contribution in [3.8, 4) is 11.1 Å². The van der Waals surface area contributed by atoms with Crippen LogP contribution in [0.1, 0.15) is 35.2 Å². The molecule has 0 unspecified atom stereocenters. The number of likely N-dealkylation sites (tertiary alicyclic amines) is 1. The molecule has 0 radical (unpaired) electrons. The smallest absolute Gasteiger partial charge is 0.248 e. The van der Waals surface area contributed by atoms with E-state index in [1.807, 2.05) is 6.07 Å². The number of ether oxygens (including phenoxy) is 3. The quantitative estimate of drug-likeness (QED) is 0.246. The second kappa shape index (κ2) is 13.9. The number of amides is 2. The molecule has 15 heteroatoms. The number of ketones is 1. The number of hydrogen-bond donors (Lipinski definition) is 1. The summed E-state index contributed by atoms with van der Waals surface area (Å²) in [6.07, 6.45) is 3.10. The molecule has 2 bridgehead atoms. The van der Waals surface area contributed by atoms with Crippen molar-refractivity contribution < 1.29 is 33.0 Å². The molecular formula is C32H33BrFN7O6. The number of benzene rings is 1. The number of aryl methyl sites for hydroxylation is 1. The highest BCUT2D eigenvalue weighted by molar-refractivity contribution is 9.10. The molecule has 1 N–H and O–H groups in total. The molecule has 2 amide bonds. The van der Waals surface area contributed by atoms with Crippen LogP contribution in [0, 0.1) is 6.92 Å². The molecule has 5 heterocycles. The van der Waals surface area contributed by atoms with Crippen molar-refractivity contribution in [3.05, 3.63) is 64.4 Å². The first kappa shape index (κ1) is 32.7. The topological polar surface area (TPSA) is 151 Å². The number of hydrogen-bond acceptors (Lipinski definition) is 10. The summed E-state index contributed by atoms with van der Waals surface area (Å²) in [7, 11) is 0. The summed E-state index contributed by atoms with van der Waals surface area (Å²) >= 11 is 3.33. The number of carbonyl (C=O) groups is 3. The predicted molar refractivity (Wildman–Crippen MR) is 171 cm³/mol. The number of aromatic nitrogens is 5. The Labute approximate surface area is 277 Å². The van der Waals surface area contributed by atoms with Gasteiger partial charge in [-0.15, -0.1) is 0 Å². The Morgan fingerprint density at radius 1 is 1.06 bits per heavy atom. The minimum Gasteiger partial charge on any atom is -0.377 e. The minimum absolute atomic E-state index is 0.140. The van der Waals surface area contributed by atoms with Gasteiger partial charge in [-0.05, 0) is 46.6 Å². The number of alkyl halides is 1. The first-order valence-corrected chi connectivity index (χ1v) is 15.9. The Kier molecular flexibility index (Phi) is 9.68. The van der Waals surface area contributed by atoms with E-state index in [0.29, 0.717) is 40.1 Å². The molecule has 1 aromatic carbocycles. The summed E-state index contributed by atoms with van der Waals surface area (Å²) in [5.74, 6) is -0.571. The number of nitrogens with zero attached hydrogens (tertiary/aromatic N) is 6. The normalized spacial score (nSPS) is 21.0. The maximum absolute atomic E-state index is 16.3. The van der Waals surface area contributed by atoms with Crippen LogP contribution in [0.3, 0.4) is 0 Å². The van der Waals surface area contributed by atoms with E-state index < -0.39 is 23.5 Å². The number of anilines is 1. The van der Waals surface area contributed by atoms with Crippen LogP contribution >= 0.6 is 15.9 Å². The highest BCUT2D eigenvalue weighted by atomic mass is 79.9. The molecule has 3 aromatic heterocycles. The predicted octanol–water partition coefficient (Wildman–Crippen LogP) is 3.67.